The summed E-state index contributed by atoms with van der Waals surface area (Å²) in [6.45, 7) is 6.19. The lowest BCUT2D eigenvalue weighted by Crippen LogP contribution is -2.45. The van der Waals surface area contributed by atoms with Crippen molar-refractivity contribution in [2.45, 2.75) is 33.2 Å². The fraction of sp³-hybridized carbons (Fsp3) is 0.429. The van der Waals surface area contributed by atoms with Crippen LogP contribution < -0.4 is 10.6 Å². The molecule has 1 unspecified atom stereocenters. The Bertz CT molecular complexity index is 475. The molecule has 1 rings (SSSR count). The summed E-state index contributed by atoms with van der Waals surface area (Å²) in [5.41, 5.74) is 1.52. The van der Waals surface area contributed by atoms with E-state index in [2.05, 4.69) is 26.6 Å². The van der Waals surface area contributed by atoms with E-state index >= 15 is 0 Å². The lowest BCUT2D eigenvalue weighted by Gasteiger charge is -2.14. The first-order valence-electron chi connectivity index (χ1n) is 6.31. The van der Waals surface area contributed by atoms with Crippen molar-refractivity contribution >= 4 is 27.7 Å². The normalized spacial score (nSPS) is 11.8. The van der Waals surface area contributed by atoms with Crippen LogP contribution in [0.2, 0.25) is 0 Å². The lowest BCUT2D eigenvalue weighted by atomic mass is 10.1. The van der Waals surface area contributed by atoms with E-state index in [1.165, 1.54) is 0 Å². The third kappa shape index (κ3) is 4.35. The van der Waals surface area contributed by atoms with E-state index in [-0.39, 0.29) is 11.8 Å². The first-order chi connectivity index (χ1) is 8.97. The van der Waals surface area contributed by atoms with Crippen LogP contribution in [0.15, 0.2) is 22.7 Å². The Kier molecular flexibility index (Phi) is 6.02. The zero-order valence-electron chi connectivity index (χ0n) is 11.4. The molecule has 0 spiro atoms. The minimum atomic E-state index is -0.550. The molecule has 0 bridgehead atoms. The van der Waals surface area contributed by atoms with Crippen LogP contribution in [0.4, 0.5) is 0 Å². The maximum absolute atomic E-state index is 12.1. The minimum absolute atomic E-state index is 0.168. The Balaban J connectivity index is 2.69. The Morgan fingerprint density at radius 2 is 2.05 bits per heavy atom. The monoisotopic (exact) mass is 326 g/mol. The standard InChI is InChI=1S/C14H19BrN2O2/c1-4-8-16-13(18)10(3)17-14(19)11-7-5-6-9(2)12(11)15/h5-7,10H,4,8H2,1-3H3,(H,16,18)(H,17,19). The molecule has 1 aromatic rings. The van der Waals surface area contributed by atoms with Crippen molar-refractivity contribution in [3.63, 3.8) is 0 Å². The second-order valence-electron chi connectivity index (χ2n) is 4.42. The molecule has 0 heterocycles. The molecule has 0 fully saturated rings. The molecular weight excluding hydrogens is 308 g/mol. The molecule has 0 aromatic heterocycles. The van der Waals surface area contributed by atoms with Crippen molar-refractivity contribution in [2.24, 2.45) is 0 Å². The second-order valence-corrected chi connectivity index (χ2v) is 5.22. The Morgan fingerprint density at radius 1 is 1.37 bits per heavy atom. The number of rotatable bonds is 5. The van der Waals surface area contributed by atoms with Gasteiger partial charge in [-0.3, -0.25) is 9.59 Å². The van der Waals surface area contributed by atoms with E-state index in [9.17, 15) is 9.59 Å². The SMILES string of the molecule is CCCNC(=O)C(C)NC(=O)c1cccc(C)c1Br. The molecular formula is C14H19BrN2O2. The predicted molar refractivity (Wildman–Crippen MR) is 79.1 cm³/mol. The number of benzene rings is 1. The summed E-state index contributed by atoms with van der Waals surface area (Å²) in [5, 5.41) is 5.44. The third-order valence-electron chi connectivity index (χ3n) is 2.73. The Labute approximate surface area is 122 Å². The van der Waals surface area contributed by atoms with Crippen LogP contribution in [0.3, 0.4) is 0 Å². The first-order valence-corrected chi connectivity index (χ1v) is 7.10. The molecule has 0 aliphatic rings. The van der Waals surface area contributed by atoms with Crippen molar-refractivity contribution < 1.29 is 9.59 Å². The van der Waals surface area contributed by atoms with Crippen LogP contribution in [0, 0.1) is 6.92 Å². The van der Waals surface area contributed by atoms with Gasteiger partial charge >= 0.3 is 0 Å². The fourth-order valence-electron chi connectivity index (χ4n) is 1.56. The van der Waals surface area contributed by atoms with Gasteiger partial charge in [0.15, 0.2) is 0 Å². The second kappa shape index (κ2) is 7.28. The van der Waals surface area contributed by atoms with E-state index in [0.29, 0.717) is 12.1 Å². The van der Waals surface area contributed by atoms with Gasteiger partial charge in [-0.1, -0.05) is 19.1 Å². The first kappa shape index (κ1) is 15.7. The number of halogens is 1. The number of hydrogen-bond acceptors (Lipinski definition) is 2. The average molecular weight is 327 g/mol. The van der Waals surface area contributed by atoms with Gasteiger partial charge in [0.05, 0.1) is 5.56 Å². The molecule has 0 aliphatic carbocycles. The van der Waals surface area contributed by atoms with E-state index in [0.717, 1.165) is 16.5 Å². The number of carbonyl (C=O) groups excluding carboxylic acids is 2. The molecule has 1 atom stereocenters. The third-order valence-corrected chi connectivity index (χ3v) is 3.78. The number of aryl methyl sites for hydroxylation is 1. The van der Waals surface area contributed by atoms with E-state index in [1.807, 2.05) is 26.0 Å². The lowest BCUT2D eigenvalue weighted by molar-refractivity contribution is -0.122. The summed E-state index contributed by atoms with van der Waals surface area (Å²) in [7, 11) is 0. The smallest absolute Gasteiger partial charge is 0.253 e. The fourth-order valence-corrected chi connectivity index (χ4v) is 2.01. The molecule has 19 heavy (non-hydrogen) atoms. The highest BCUT2D eigenvalue weighted by atomic mass is 79.9. The molecule has 5 heteroatoms. The molecule has 2 N–H and O–H groups in total. The molecule has 2 amide bonds. The van der Waals surface area contributed by atoms with Crippen molar-refractivity contribution in [1.29, 1.82) is 0 Å². The topological polar surface area (TPSA) is 58.2 Å². The Hall–Kier alpha value is -1.36. The van der Waals surface area contributed by atoms with Gasteiger partial charge in [-0.25, -0.2) is 0 Å². The zero-order chi connectivity index (χ0) is 14.4. The van der Waals surface area contributed by atoms with E-state index in [1.54, 1.807) is 13.0 Å². The van der Waals surface area contributed by atoms with E-state index in [4.69, 9.17) is 0 Å². The largest absolute Gasteiger partial charge is 0.354 e. The number of amides is 2. The quantitative estimate of drug-likeness (QED) is 0.872. The van der Waals surface area contributed by atoms with Crippen LogP contribution in [0.5, 0.6) is 0 Å². The number of carbonyl (C=O) groups is 2. The maximum Gasteiger partial charge on any atom is 0.253 e. The van der Waals surface area contributed by atoms with Gasteiger partial charge in [-0.2, -0.15) is 0 Å². The van der Waals surface area contributed by atoms with Gasteiger partial charge in [0.1, 0.15) is 6.04 Å². The molecule has 104 valence electrons. The van der Waals surface area contributed by atoms with Crippen molar-refractivity contribution in [1.82, 2.24) is 10.6 Å². The van der Waals surface area contributed by atoms with Crippen molar-refractivity contribution in [2.75, 3.05) is 6.54 Å². The molecule has 0 radical (unpaired) electrons. The zero-order valence-corrected chi connectivity index (χ0v) is 13.0. The van der Waals surface area contributed by atoms with Gasteiger partial charge in [0.25, 0.3) is 5.91 Å². The summed E-state index contributed by atoms with van der Waals surface area (Å²) >= 11 is 3.39. The average Bonchev–Trinajstić information content (AvgIpc) is 2.38. The maximum atomic E-state index is 12.1. The van der Waals surface area contributed by atoms with Crippen LogP contribution >= 0.6 is 15.9 Å². The van der Waals surface area contributed by atoms with Gasteiger partial charge in [0, 0.05) is 11.0 Å². The van der Waals surface area contributed by atoms with Gasteiger partial charge in [0.2, 0.25) is 5.91 Å². The summed E-state index contributed by atoms with van der Waals surface area (Å²) < 4.78 is 0.758. The van der Waals surface area contributed by atoms with E-state index < -0.39 is 6.04 Å². The summed E-state index contributed by atoms with van der Waals surface area (Å²) in [4.78, 5) is 23.8. The predicted octanol–water partition coefficient (Wildman–Crippen LogP) is 2.40. The highest BCUT2D eigenvalue weighted by Crippen LogP contribution is 2.20. The van der Waals surface area contributed by atoms with Gasteiger partial charge < -0.3 is 10.6 Å². The minimum Gasteiger partial charge on any atom is -0.354 e. The molecule has 0 aliphatic heterocycles. The highest BCUT2D eigenvalue weighted by Gasteiger charge is 2.17. The molecule has 4 nitrogen and oxygen atoms in total. The Morgan fingerprint density at radius 3 is 2.68 bits per heavy atom. The summed E-state index contributed by atoms with van der Waals surface area (Å²) in [5.74, 6) is -0.423. The summed E-state index contributed by atoms with van der Waals surface area (Å²) in [6.07, 6.45) is 0.871. The molecule has 1 aromatic carbocycles. The van der Waals surface area contributed by atoms with Crippen LogP contribution in [0.1, 0.15) is 36.2 Å². The van der Waals surface area contributed by atoms with Crippen molar-refractivity contribution in [3.8, 4) is 0 Å². The van der Waals surface area contributed by atoms with Gasteiger partial charge in [-0.15, -0.1) is 0 Å². The molecule has 0 saturated heterocycles. The van der Waals surface area contributed by atoms with Crippen LogP contribution in [-0.2, 0) is 4.79 Å². The van der Waals surface area contributed by atoms with Crippen LogP contribution in [0.25, 0.3) is 0 Å². The molecule has 0 saturated carbocycles. The summed E-state index contributed by atoms with van der Waals surface area (Å²) in [6, 6.07) is 4.91. The number of nitrogens with one attached hydrogen (secondary N) is 2. The van der Waals surface area contributed by atoms with Crippen molar-refractivity contribution in [3.05, 3.63) is 33.8 Å². The number of hydrogen-bond donors (Lipinski definition) is 2. The van der Waals surface area contributed by atoms with Crippen LogP contribution in [-0.4, -0.2) is 24.4 Å². The highest BCUT2D eigenvalue weighted by molar-refractivity contribution is 9.10. The van der Waals surface area contributed by atoms with Gasteiger partial charge in [-0.05, 0) is 47.8 Å².